The molecule has 0 saturated carbocycles. The third-order valence-corrected chi connectivity index (χ3v) is 5.40. The summed E-state index contributed by atoms with van der Waals surface area (Å²) >= 11 is 0. The Labute approximate surface area is 153 Å². The van der Waals surface area contributed by atoms with Gasteiger partial charge in [-0.25, -0.2) is 0 Å². The standard InChI is InChI=1S/C19H25N5O2/c1-26-16-8-5-10-20-14(16)13-18(25)23-12-6-7-15(23)19-22-21-17-9-3-2-4-11-24(17)19/h5,8,10,15H,2-4,6-7,9,11-13H2,1H3. The lowest BCUT2D eigenvalue weighted by Crippen LogP contribution is -2.33. The topological polar surface area (TPSA) is 73.1 Å². The fourth-order valence-electron chi connectivity index (χ4n) is 4.07. The highest BCUT2D eigenvalue weighted by Gasteiger charge is 2.34. The monoisotopic (exact) mass is 355 g/mol. The zero-order chi connectivity index (χ0) is 17.9. The van der Waals surface area contributed by atoms with Crippen molar-refractivity contribution in [3.63, 3.8) is 0 Å². The van der Waals surface area contributed by atoms with Crippen LogP contribution in [0.5, 0.6) is 5.75 Å². The van der Waals surface area contributed by atoms with Gasteiger partial charge in [-0.15, -0.1) is 10.2 Å². The molecule has 0 aliphatic carbocycles. The lowest BCUT2D eigenvalue weighted by Gasteiger charge is -2.25. The fraction of sp³-hybridized carbons (Fsp3) is 0.579. The second kappa shape index (κ2) is 7.43. The summed E-state index contributed by atoms with van der Waals surface area (Å²) in [6.07, 6.45) is 8.44. The van der Waals surface area contributed by atoms with Crippen LogP contribution in [-0.4, -0.2) is 44.2 Å². The van der Waals surface area contributed by atoms with Crippen LogP contribution in [-0.2, 0) is 24.2 Å². The number of fused-ring (bicyclic) bond motifs is 1. The third-order valence-electron chi connectivity index (χ3n) is 5.40. The van der Waals surface area contributed by atoms with E-state index in [4.69, 9.17) is 4.74 Å². The summed E-state index contributed by atoms with van der Waals surface area (Å²) in [5.41, 5.74) is 0.686. The first-order chi connectivity index (χ1) is 12.8. The molecule has 0 spiro atoms. The average molecular weight is 355 g/mol. The minimum absolute atomic E-state index is 0.0246. The molecule has 2 aliphatic heterocycles. The van der Waals surface area contributed by atoms with E-state index in [1.54, 1.807) is 13.3 Å². The highest BCUT2D eigenvalue weighted by molar-refractivity contribution is 5.79. The smallest absolute Gasteiger partial charge is 0.229 e. The van der Waals surface area contributed by atoms with E-state index in [0.29, 0.717) is 11.4 Å². The molecule has 0 aromatic carbocycles. The molecule has 4 heterocycles. The predicted octanol–water partition coefficient (Wildman–Crippen LogP) is 2.31. The van der Waals surface area contributed by atoms with Crippen LogP contribution >= 0.6 is 0 Å². The lowest BCUT2D eigenvalue weighted by atomic mass is 10.1. The molecule has 4 rings (SSSR count). The van der Waals surface area contributed by atoms with Gasteiger partial charge in [0.25, 0.3) is 0 Å². The Morgan fingerprint density at radius 2 is 2.15 bits per heavy atom. The molecule has 1 atom stereocenters. The van der Waals surface area contributed by atoms with Crippen LogP contribution in [0.2, 0.25) is 0 Å². The molecule has 138 valence electrons. The van der Waals surface area contributed by atoms with Gasteiger partial charge in [0, 0.05) is 25.7 Å². The van der Waals surface area contributed by atoms with E-state index in [0.717, 1.165) is 50.4 Å². The number of carbonyl (C=O) groups excluding carboxylic acids is 1. The van der Waals surface area contributed by atoms with Gasteiger partial charge in [-0.1, -0.05) is 6.42 Å². The Balaban J connectivity index is 1.55. The van der Waals surface area contributed by atoms with E-state index in [1.807, 2.05) is 17.0 Å². The molecule has 0 radical (unpaired) electrons. The summed E-state index contributed by atoms with van der Waals surface area (Å²) < 4.78 is 7.59. The maximum Gasteiger partial charge on any atom is 0.229 e. The van der Waals surface area contributed by atoms with Crippen molar-refractivity contribution in [1.29, 1.82) is 0 Å². The summed E-state index contributed by atoms with van der Waals surface area (Å²) in [6, 6.07) is 3.68. The first-order valence-corrected chi connectivity index (χ1v) is 9.47. The van der Waals surface area contributed by atoms with Gasteiger partial charge in [0.2, 0.25) is 5.91 Å². The molecule has 7 nitrogen and oxygen atoms in total. The van der Waals surface area contributed by atoms with Crippen LogP contribution < -0.4 is 4.74 Å². The van der Waals surface area contributed by atoms with E-state index in [9.17, 15) is 4.79 Å². The average Bonchev–Trinajstić information content (AvgIpc) is 3.23. The van der Waals surface area contributed by atoms with Gasteiger partial charge < -0.3 is 14.2 Å². The molecule has 1 fully saturated rings. The number of ether oxygens (including phenoxy) is 1. The van der Waals surface area contributed by atoms with E-state index in [-0.39, 0.29) is 18.4 Å². The van der Waals surface area contributed by atoms with Gasteiger partial charge in [-0.2, -0.15) is 0 Å². The highest BCUT2D eigenvalue weighted by atomic mass is 16.5. The van der Waals surface area contributed by atoms with Gasteiger partial charge in [-0.05, 0) is 37.8 Å². The predicted molar refractivity (Wildman–Crippen MR) is 95.8 cm³/mol. The Bertz CT molecular complexity index is 788. The van der Waals surface area contributed by atoms with E-state index >= 15 is 0 Å². The minimum Gasteiger partial charge on any atom is -0.495 e. The molecular weight excluding hydrogens is 330 g/mol. The van der Waals surface area contributed by atoms with Gasteiger partial charge in [0.05, 0.1) is 25.3 Å². The fourth-order valence-corrected chi connectivity index (χ4v) is 4.07. The molecule has 0 bridgehead atoms. The first kappa shape index (κ1) is 17.0. The number of amides is 1. The van der Waals surface area contributed by atoms with Crippen LogP contribution in [0.25, 0.3) is 0 Å². The summed E-state index contributed by atoms with van der Waals surface area (Å²) in [6.45, 7) is 1.73. The molecule has 1 unspecified atom stereocenters. The summed E-state index contributed by atoms with van der Waals surface area (Å²) in [7, 11) is 1.61. The molecule has 1 saturated heterocycles. The maximum absolute atomic E-state index is 13.0. The second-order valence-corrected chi connectivity index (χ2v) is 7.01. The van der Waals surface area contributed by atoms with Crippen LogP contribution in [0.3, 0.4) is 0 Å². The molecule has 7 heteroatoms. The van der Waals surface area contributed by atoms with Gasteiger partial charge in [0.1, 0.15) is 11.6 Å². The number of aryl methyl sites for hydroxylation is 1. The van der Waals surface area contributed by atoms with Crippen molar-refractivity contribution in [2.24, 2.45) is 0 Å². The van der Waals surface area contributed by atoms with E-state index < -0.39 is 0 Å². The normalized spacial score (nSPS) is 19.9. The number of hydrogen-bond donors (Lipinski definition) is 0. The molecule has 26 heavy (non-hydrogen) atoms. The number of nitrogens with zero attached hydrogens (tertiary/aromatic N) is 5. The van der Waals surface area contributed by atoms with Crippen molar-refractivity contribution >= 4 is 5.91 Å². The second-order valence-electron chi connectivity index (χ2n) is 7.01. The SMILES string of the molecule is COc1cccnc1CC(=O)N1CCCC1c1nnc2n1CCCCC2. The summed E-state index contributed by atoms with van der Waals surface area (Å²) in [5, 5.41) is 8.88. The molecule has 0 N–H and O–H groups in total. The Kier molecular flexibility index (Phi) is 4.86. The Morgan fingerprint density at radius 3 is 3.04 bits per heavy atom. The third kappa shape index (κ3) is 3.18. The minimum atomic E-state index is 0.0246. The molecular formula is C19H25N5O2. The van der Waals surface area contributed by atoms with Gasteiger partial charge >= 0.3 is 0 Å². The first-order valence-electron chi connectivity index (χ1n) is 9.47. The lowest BCUT2D eigenvalue weighted by molar-refractivity contribution is -0.131. The van der Waals surface area contributed by atoms with Crippen molar-refractivity contribution in [1.82, 2.24) is 24.6 Å². The van der Waals surface area contributed by atoms with E-state index in [2.05, 4.69) is 19.7 Å². The van der Waals surface area contributed by atoms with Crippen molar-refractivity contribution in [2.75, 3.05) is 13.7 Å². The number of aromatic nitrogens is 4. The molecule has 1 amide bonds. The number of hydrogen-bond acceptors (Lipinski definition) is 5. The van der Waals surface area contributed by atoms with Crippen molar-refractivity contribution in [3.8, 4) is 5.75 Å². The van der Waals surface area contributed by atoms with Crippen molar-refractivity contribution in [2.45, 2.75) is 57.5 Å². The summed E-state index contributed by atoms with van der Waals surface area (Å²) in [5.74, 6) is 2.77. The quantitative estimate of drug-likeness (QED) is 0.841. The zero-order valence-corrected chi connectivity index (χ0v) is 15.2. The number of pyridine rings is 1. The van der Waals surface area contributed by atoms with Crippen molar-refractivity contribution in [3.05, 3.63) is 35.7 Å². The maximum atomic E-state index is 13.0. The largest absolute Gasteiger partial charge is 0.495 e. The van der Waals surface area contributed by atoms with Crippen LogP contribution in [0, 0.1) is 0 Å². The van der Waals surface area contributed by atoms with E-state index in [1.165, 1.54) is 12.8 Å². The molecule has 2 aliphatic rings. The number of carbonyl (C=O) groups is 1. The van der Waals surface area contributed by atoms with Crippen molar-refractivity contribution < 1.29 is 9.53 Å². The van der Waals surface area contributed by atoms with Crippen LogP contribution in [0.15, 0.2) is 18.3 Å². The molecule has 2 aromatic heterocycles. The van der Waals surface area contributed by atoms with Gasteiger partial charge in [0.15, 0.2) is 5.82 Å². The number of methoxy groups -OCH3 is 1. The Hall–Kier alpha value is -2.44. The van der Waals surface area contributed by atoms with Crippen LogP contribution in [0.1, 0.15) is 55.5 Å². The number of rotatable bonds is 4. The highest BCUT2D eigenvalue weighted by Crippen LogP contribution is 2.33. The summed E-state index contributed by atoms with van der Waals surface area (Å²) in [4.78, 5) is 19.3. The van der Waals surface area contributed by atoms with Crippen LogP contribution in [0.4, 0.5) is 0 Å². The van der Waals surface area contributed by atoms with Gasteiger partial charge in [-0.3, -0.25) is 9.78 Å². The number of likely N-dealkylation sites (tertiary alicyclic amines) is 1. The Morgan fingerprint density at radius 1 is 1.23 bits per heavy atom. The molecule has 2 aromatic rings. The zero-order valence-electron chi connectivity index (χ0n) is 15.2.